The van der Waals surface area contributed by atoms with E-state index in [4.69, 9.17) is 4.74 Å². The number of urea groups is 1. The van der Waals surface area contributed by atoms with Gasteiger partial charge < -0.3 is 25.0 Å². The third-order valence-corrected chi connectivity index (χ3v) is 4.78. The molecule has 0 aliphatic carbocycles. The van der Waals surface area contributed by atoms with Gasteiger partial charge in [-0.05, 0) is 52.4 Å². The Bertz CT molecular complexity index is 529. The zero-order chi connectivity index (χ0) is 18.9. The minimum atomic E-state index is -1.07. The van der Waals surface area contributed by atoms with Crippen LogP contribution in [0.1, 0.15) is 46.5 Å². The monoisotopic (exact) mass is 355 g/mol. The molecule has 2 heterocycles. The lowest BCUT2D eigenvalue weighted by Crippen LogP contribution is -2.55. The van der Waals surface area contributed by atoms with Crippen molar-refractivity contribution < 1.29 is 24.2 Å². The van der Waals surface area contributed by atoms with E-state index in [9.17, 15) is 19.5 Å². The van der Waals surface area contributed by atoms with Gasteiger partial charge in [0.25, 0.3) is 0 Å². The molecule has 2 rings (SSSR count). The van der Waals surface area contributed by atoms with Gasteiger partial charge in [0.1, 0.15) is 11.6 Å². The molecule has 2 unspecified atom stereocenters. The summed E-state index contributed by atoms with van der Waals surface area (Å²) < 4.78 is 5.18. The number of alkyl carbamates (subject to hydrolysis) is 1. The molecular formula is C17H29N3O5. The van der Waals surface area contributed by atoms with Gasteiger partial charge in [0.15, 0.2) is 0 Å². The average Bonchev–Trinajstić information content (AvgIpc) is 2.71. The number of carbonyl (C=O) groups excluding carboxylic acids is 2. The van der Waals surface area contributed by atoms with Crippen molar-refractivity contribution in [2.45, 2.75) is 70.2 Å². The fraction of sp³-hybridized carbons (Fsp3) is 0.824. The lowest BCUT2D eigenvalue weighted by Gasteiger charge is -2.41. The zero-order valence-corrected chi connectivity index (χ0v) is 15.6. The minimum absolute atomic E-state index is 0.0286. The van der Waals surface area contributed by atoms with Crippen LogP contribution in [0.4, 0.5) is 9.59 Å². The SMILES string of the molecule is CN(C)C(=O)N1C2CCC1CC([C@H](NC(=O)OC(C)(C)C)C(=O)O)C2. The minimum Gasteiger partial charge on any atom is -0.480 e. The first-order valence-corrected chi connectivity index (χ1v) is 8.71. The first-order chi connectivity index (χ1) is 11.5. The van der Waals surface area contributed by atoms with Crippen molar-refractivity contribution in [1.29, 1.82) is 0 Å². The maximum absolute atomic E-state index is 12.3. The van der Waals surface area contributed by atoms with Crippen LogP contribution in [0.15, 0.2) is 0 Å². The second-order valence-electron chi connectivity index (χ2n) is 8.16. The summed E-state index contributed by atoms with van der Waals surface area (Å²) in [7, 11) is 3.44. The molecule has 2 saturated heterocycles. The summed E-state index contributed by atoms with van der Waals surface area (Å²) in [6, 6.07) is -0.977. The van der Waals surface area contributed by atoms with E-state index >= 15 is 0 Å². The molecule has 0 aromatic heterocycles. The Kier molecular flexibility index (Phi) is 5.49. The van der Waals surface area contributed by atoms with Crippen LogP contribution in [0, 0.1) is 5.92 Å². The molecule has 142 valence electrons. The zero-order valence-electron chi connectivity index (χ0n) is 15.6. The van der Waals surface area contributed by atoms with Crippen molar-refractivity contribution >= 4 is 18.1 Å². The highest BCUT2D eigenvalue weighted by molar-refractivity contribution is 5.80. The summed E-state index contributed by atoms with van der Waals surface area (Å²) in [5.74, 6) is -1.28. The molecule has 0 radical (unpaired) electrons. The maximum atomic E-state index is 12.3. The molecular weight excluding hydrogens is 326 g/mol. The molecule has 0 aromatic carbocycles. The first-order valence-electron chi connectivity index (χ1n) is 8.71. The molecule has 2 bridgehead atoms. The number of carboxylic acid groups (broad SMARTS) is 1. The van der Waals surface area contributed by atoms with Gasteiger partial charge in [-0.2, -0.15) is 0 Å². The van der Waals surface area contributed by atoms with Gasteiger partial charge in [0.2, 0.25) is 0 Å². The summed E-state index contributed by atoms with van der Waals surface area (Å²) in [6.07, 6.45) is 2.17. The molecule has 25 heavy (non-hydrogen) atoms. The topological polar surface area (TPSA) is 99.2 Å². The molecule has 8 nitrogen and oxygen atoms in total. The highest BCUT2D eigenvalue weighted by Crippen LogP contribution is 2.40. The number of amides is 3. The third kappa shape index (κ3) is 4.55. The predicted octanol–water partition coefficient (Wildman–Crippen LogP) is 1.89. The highest BCUT2D eigenvalue weighted by atomic mass is 16.6. The number of carbonyl (C=O) groups is 3. The van der Waals surface area contributed by atoms with E-state index in [1.807, 2.05) is 4.90 Å². The third-order valence-electron chi connectivity index (χ3n) is 4.78. The van der Waals surface area contributed by atoms with Crippen LogP contribution in [-0.4, -0.2) is 70.8 Å². The summed E-state index contributed by atoms with van der Waals surface area (Å²) in [5, 5.41) is 12.1. The van der Waals surface area contributed by atoms with E-state index in [0.29, 0.717) is 12.8 Å². The van der Waals surface area contributed by atoms with E-state index in [-0.39, 0.29) is 24.0 Å². The molecule has 0 saturated carbocycles. The van der Waals surface area contributed by atoms with Crippen LogP contribution < -0.4 is 5.32 Å². The second kappa shape index (κ2) is 7.09. The fourth-order valence-corrected chi connectivity index (χ4v) is 3.85. The number of hydrogen-bond donors (Lipinski definition) is 2. The normalized spacial score (nSPS) is 26.8. The van der Waals surface area contributed by atoms with Gasteiger partial charge in [-0.3, -0.25) is 0 Å². The van der Waals surface area contributed by atoms with E-state index < -0.39 is 23.7 Å². The Morgan fingerprint density at radius 1 is 1.16 bits per heavy atom. The molecule has 3 amide bonds. The van der Waals surface area contributed by atoms with Crippen molar-refractivity contribution in [3.63, 3.8) is 0 Å². The lowest BCUT2D eigenvalue weighted by molar-refractivity contribution is -0.141. The fourth-order valence-electron chi connectivity index (χ4n) is 3.85. The number of aliphatic carboxylic acids is 1. The Balaban J connectivity index is 2.06. The Morgan fingerprint density at radius 2 is 1.68 bits per heavy atom. The number of ether oxygens (including phenoxy) is 1. The van der Waals surface area contributed by atoms with Crippen LogP contribution in [0.25, 0.3) is 0 Å². The first kappa shape index (κ1) is 19.3. The Morgan fingerprint density at radius 3 is 2.08 bits per heavy atom. The molecule has 2 aliphatic rings. The quantitative estimate of drug-likeness (QED) is 0.805. The smallest absolute Gasteiger partial charge is 0.408 e. The number of rotatable bonds is 3. The van der Waals surface area contributed by atoms with Crippen molar-refractivity contribution in [2.75, 3.05) is 14.1 Å². The molecule has 0 spiro atoms. The molecule has 0 aromatic rings. The van der Waals surface area contributed by atoms with Gasteiger partial charge in [-0.25, -0.2) is 14.4 Å². The number of piperidine rings is 1. The van der Waals surface area contributed by atoms with Crippen molar-refractivity contribution in [1.82, 2.24) is 15.1 Å². The Hall–Kier alpha value is -1.99. The van der Waals surface area contributed by atoms with E-state index in [1.165, 1.54) is 0 Å². The average molecular weight is 355 g/mol. The summed E-state index contributed by atoms with van der Waals surface area (Å²) in [6.45, 7) is 5.19. The van der Waals surface area contributed by atoms with E-state index in [0.717, 1.165) is 12.8 Å². The second-order valence-corrected chi connectivity index (χ2v) is 8.16. The molecule has 8 heteroatoms. The van der Waals surface area contributed by atoms with Crippen molar-refractivity contribution in [2.24, 2.45) is 5.92 Å². The van der Waals surface area contributed by atoms with Crippen LogP contribution in [0.2, 0.25) is 0 Å². The van der Waals surface area contributed by atoms with Crippen LogP contribution in [0.3, 0.4) is 0 Å². The summed E-state index contributed by atoms with van der Waals surface area (Å²) in [5.41, 5.74) is -0.687. The standard InChI is InChI=1S/C17H29N3O5/c1-17(2,3)25-15(23)18-13(14(21)22)10-8-11-6-7-12(9-10)20(11)16(24)19(4)5/h10-13H,6-9H2,1-5H3,(H,18,23)(H,21,22)/t10?,11?,12?,13-/m0/s1. The van der Waals surface area contributed by atoms with Gasteiger partial charge in [0.05, 0.1) is 0 Å². The molecule has 3 atom stereocenters. The molecule has 2 aliphatic heterocycles. The number of nitrogens with one attached hydrogen (secondary N) is 1. The number of hydrogen-bond acceptors (Lipinski definition) is 4. The number of nitrogens with zero attached hydrogens (tertiary/aromatic N) is 2. The van der Waals surface area contributed by atoms with E-state index in [1.54, 1.807) is 39.8 Å². The number of carboxylic acids is 1. The number of fused-ring (bicyclic) bond motifs is 2. The van der Waals surface area contributed by atoms with Gasteiger partial charge in [-0.1, -0.05) is 0 Å². The highest BCUT2D eigenvalue weighted by Gasteiger charge is 2.47. The summed E-state index contributed by atoms with van der Waals surface area (Å²) in [4.78, 5) is 39.5. The van der Waals surface area contributed by atoms with Crippen molar-refractivity contribution in [3.05, 3.63) is 0 Å². The molecule has 2 N–H and O–H groups in total. The maximum Gasteiger partial charge on any atom is 0.408 e. The predicted molar refractivity (Wildman–Crippen MR) is 91.2 cm³/mol. The van der Waals surface area contributed by atoms with Crippen LogP contribution in [-0.2, 0) is 9.53 Å². The molecule has 2 fully saturated rings. The Labute approximate surface area is 148 Å². The van der Waals surface area contributed by atoms with Gasteiger partial charge in [-0.15, -0.1) is 0 Å². The van der Waals surface area contributed by atoms with Gasteiger partial charge >= 0.3 is 18.1 Å². The largest absolute Gasteiger partial charge is 0.480 e. The summed E-state index contributed by atoms with van der Waals surface area (Å²) >= 11 is 0. The van der Waals surface area contributed by atoms with Gasteiger partial charge in [0, 0.05) is 26.2 Å². The van der Waals surface area contributed by atoms with Crippen molar-refractivity contribution in [3.8, 4) is 0 Å². The van der Waals surface area contributed by atoms with E-state index in [2.05, 4.69) is 5.32 Å². The lowest BCUT2D eigenvalue weighted by atomic mass is 9.85. The van der Waals surface area contributed by atoms with Crippen LogP contribution in [0.5, 0.6) is 0 Å². The van der Waals surface area contributed by atoms with Crippen LogP contribution >= 0.6 is 0 Å².